The fraction of sp³-hybridized carbons (Fsp3) is 0.567. The molecule has 1 unspecified atom stereocenters. The summed E-state index contributed by atoms with van der Waals surface area (Å²) in [4.78, 5) is 13.1. The number of sulfonamides is 1. The summed E-state index contributed by atoms with van der Waals surface area (Å²) in [5.74, 6) is 2.67. The summed E-state index contributed by atoms with van der Waals surface area (Å²) >= 11 is 0. The van der Waals surface area contributed by atoms with Gasteiger partial charge in [-0.15, -0.1) is 0 Å². The molecule has 1 atom stereocenters. The van der Waals surface area contributed by atoms with Crippen LogP contribution in [0.5, 0.6) is 0 Å². The van der Waals surface area contributed by atoms with Gasteiger partial charge < -0.3 is 5.32 Å². The minimum atomic E-state index is -3.62. The van der Waals surface area contributed by atoms with Crippen molar-refractivity contribution in [2.45, 2.75) is 70.3 Å². The van der Waals surface area contributed by atoms with Crippen LogP contribution in [0.2, 0.25) is 0 Å². The van der Waals surface area contributed by atoms with E-state index in [9.17, 15) is 13.2 Å². The van der Waals surface area contributed by atoms with Crippen LogP contribution in [0.1, 0.15) is 76.0 Å². The molecular formula is C30H40N2O3S. The van der Waals surface area contributed by atoms with Gasteiger partial charge in [0.1, 0.15) is 6.54 Å². The lowest BCUT2D eigenvalue weighted by molar-refractivity contribution is -0.120. The average Bonchev–Trinajstić information content (AvgIpc) is 2.81. The third-order valence-corrected chi connectivity index (χ3v) is 9.88. The highest BCUT2D eigenvalue weighted by molar-refractivity contribution is 7.92. The van der Waals surface area contributed by atoms with E-state index in [1.807, 2.05) is 42.5 Å². The fourth-order valence-electron chi connectivity index (χ4n) is 7.65. The van der Waals surface area contributed by atoms with Gasteiger partial charge in [-0.3, -0.25) is 9.10 Å². The number of benzene rings is 2. The number of rotatable bonds is 9. The molecule has 36 heavy (non-hydrogen) atoms. The van der Waals surface area contributed by atoms with Crippen LogP contribution in [-0.2, 0) is 20.2 Å². The van der Waals surface area contributed by atoms with Crippen LogP contribution in [0.3, 0.4) is 0 Å². The summed E-state index contributed by atoms with van der Waals surface area (Å²) in [6, 6.07) is 17.8. The Bertz CT molecular complexity index is 1140. The molecule has 6 rings (SSSR count). The first-order valence-electron chi connectivity index (χ1n) is 13.5. The molecule has 1 N–H and O–H groups in total. The Morgan fingerprint density at radius 3 is 2.00 bits per heavy atom. The molecule has 0 radical (unpaired) electrons. The van der Waals surface area contributed by atoms with Gasteiger partial charge in [-0.1, -0.05) is 56.3 Å². The number of nitrogens with zero attached hydrogens (tertiary/aromatic N) is 1. The quantitative estimate of drug-likeness (QED) is 0.464. The van der Waals surface area contributed by atoms with Crippen molar-refractivity contribution in [2.75, 3.05) is 17.1 Å². The Morgan fingerprint density at radius 1 is 0.944 bits per heavy atom. The van der Waals surface area contributed by atoms with Gasteiger partial charge in [0.25, 0.3) is 0 Å². The molecule has 0 saturated heterocycles. The molecule has 2 aromatic rings. The van der Waals surface area contributed by atoms with E-state index in [0.29, 0.717) is 11.6 Å². The lowest BCUT2D eigenvalue weighted by Gasteiger charge is -2.57. The van der Waals surface area contributed by atoms with Crippen LogP contribution in [0.15, 0.2) is 54.6 Å². The zero-order valence-electron chi connectivity index (χ0n) is 21.8. The Morgan fingerprint density at radius 2 is 1.50 bits per heavy atom. The van der Waals surface area contributed by atoms with Crippen molar-refractivity contribution in [3.8, 4) is 0 Å². The maximum Gasteiger partial charge on any atom is 0.241 e. The molecule has 0 aromatic heterocycles. The van der Waals surface area contributed by atoms with Crippen molar-refractivity contribution >= 4 is 21.6 Å². The summed E-state index contributed by atoms with van der Waals surface area (Å²) in [6.45, 7) is 4.02. The van der Waals surface area contributed by atoms with E-state index in [1.54, 1.807) is 0 Å². The van der Waals surface area contributed by atoms with E-state index in [-0.39, 0.29) is 23.9 Å². The van der Waals surface area contributed by atoms with Gasteiger partial charge in [0.05, 0.1) is 18.0 Å². The average molecular weight is 509 g/mol. The second-order valence-corrected chi connectivity index (χ2v) is 14.1. The predicted molar refractivity (Wildman–Crippen MR) is 145 cm³/mol. The van der Waals surface area contributed by atoms with Crippen molar-refractivity contribution < 1.29 is 13.2 Å². The predicted octanol–water partition coefficient (Wildman–Crippen LogP) is 5.82. The number of nitrogens with one attached hydrogen (secondary N) is 1. The van der Waals surface area contributed by atoms with Gasteiger partial charge in [-0.2, -0.15) is 0 Å². The Balaban J connectivity index is 1.33. The number of amides is 1. The molecule has 5 nitrogen and oxygen atoms in total. The van der Waals surface area contributed by atoms with Crippen LogP contribution >= 0.6 is 0 Å². The molecule has 4 aliphatic carbocycles. The molecule has 0 aliphatic heterocycles. The van der Waals surface area contributed by atoms with Crippen LogP contribution in [0.25, 0.3) is 0 Å². The van der Waals surface area contributed by atoms with Gasteiger partial charge >= 0.3 is 0 Å². The number of carbonyl (C=O) groups is 1. The Kier molecular flexibility index (Phi) is 6.92. The van der Waals surface area contributed by atoms with E-state index in [0.717, 1.165) is 29.7 Å². The first-order chi connectivity index (χ1) is 17.1. The number of hydrogen-bond donors (Lipinski definition) is 1. The largest absolute Gasteiger partial charge is 0.348 e. The van der Waals surface area contributed by atoms with E-state index in [2.05, 4.69) is 31.3 Å². The normalized spacial score (nSPS) is 27.7. The topological polar surface area (TPSA) is 66.5 Å². The molecular weight excluding hydrogens is 468 g/mol. The van der Waals surface area contributed by atoms with Crippen molar-refractivity contribution in [1.29, 1.82) is 0 Å². The van der Waals surface area contributed by atoms with E-state index >= 15 is 0 Å². The lowest BCUT2D eigenvalue weighted by atomic mass is 9.48. The van der Waals surface area contributed by atoms with Gasteiger partial charge in [-0.05, 0) is 97.3 Å². The zero-order valence-corrected chi connectivity index (χ0v) is 22.6. The van der Waals surface area contributed by atoms with Crippen molar-refractivity contribution in [3.63, 3.8) is 0 Å². The highest BCUT2D eigenvalue weighted by Crippen LogP contribution is 2.60. The van der Waals surface area contributed by atoms with Crippen molar-refractivity contribution in [2.24, 2.45) is 23.7 Å². The number of anilines is 1. The Hall–Kier alpha value is -2.34. The summed E-state index contributed by atoms with van der Waals surface area (Å²) in [6.07, 6.45) is 9.97. The highest BCUT2D eigenvalue weighted by atomic mass is 32.2. The molecule has 194 valence electrons. The molecule has 0 heterocycles. The minimum absolute atomic E-state index is 0.154. The standard InChI is InChI=1S/C30H40N2O3S/c1-21(2)13-28(25-7-5-4-6-8-25)31-29(33)20-32(36(3,34)35)27-11-9-26(10-12-27)30-17-22-14-23(18-30)16-24(15-22)19-30/h4-12,21-24,28H,13-20H2,1-3H3,(H,31,33). The first-order valence-corrected chi connectivity index (χ1v) is 15.4. The fourth-order valence-corrected chi connectivity index (χ4v) is 8.51. The SMILES string of the molecule is CC(C)CC(NC(=O)CN(c1ccc(C23CC4CC(CC(C4)C2)C3)cc1)S(C)(=O)=O)c1ccccc1. The molecule has 4 fully saturated rings. The number of carbonyl (C=O) groups excluding carboxylic acids is 1. The van der Waals surface area contributed by atoms with Crippen LogP contribution in [-0.4, -0.2) is 27.1 Å². The maximum absolute atomic E-state index is 13.1. The third-order valence-electron chi connectivity index (χ3n) is 8.74. The molecule has 4 aliphatic rings. The molecule has 4 bridgehead atoms. The molecule has 6 heteroatoms. The van der Waals surface area contributed by atoms with Gasteiger partial charge in [0, 0.05) is 0 Å². The minimum Gasteiger partial charge on any atom is -0.348 e. The maximum atomic E-state index is 13.1. The monoisotopic (exact) mass is 508 g/mol. The van der Waals surface area contributed by atoms with Gasteiger partial charge in [0.2, 0.25) is 15.9 Å². The first kappa shape index (κ1) is 25.3. The van der Waals surface area contributed by atoms with Crippen LogP contribution in [0, 0.1) is 23.7 Å². The highest BCUT2D eigenvalue weighted by Gasteiger charge is 2.51. The summed E-state index contributed by atoms with van der Waals surface area (Å²) in [7, 11) is -3.62. The molecule has 0 spiro atoms. The summed E-state index contributed by atoms with van der Waals surface area (Å²) in [5, 5.41) is 3.09. The van der Waals surface area contributed by atoms with Crippen molar-refractivity contribution in [1.82, 2.24) is 5.32 Å². The van der Waals surface area contributed by atoms with E-state index < -0.39 is 10.0 Å². The lowest BCUT2D eigenvalue weighted by Crippen LogP contribution is -2.48. The summed E-state index contributed by atoms with van der Waals surface area (Å²) < 4.78 is 26.7. The summed E-state index contributed by atoms with van der Waals surface area (Å²) in [5.41, 5.74) is 3.20. The molecule has 4 saturated carbocycles. The molecule has 2 aromatic carbocycles. The second-order valence-electron chi connectivity index (χ2n) is 12.2. The van der Waals surface area contributed by atoms with Crippen LogP contribution in [0.4, 0.5) is 5.69 Å². The molecule has 1 amide bonds. The van der Waals surface area contributed by atoms with Gasteiger partial charge in [-0.25, -0.2) is 8.42 Å². The second kappa shape index (κ2) is 9.85. The Labute approximate surface area is 216 Å². The van der Waals surface area contributed by atoms with E-state index in [4.69, 9.17) is 0 Å². The van der Waals surface area contributed by atoms with Crippen LogP contribution < -0.4 is 9.62 Å². The smallest absolute Gasteiger partial charge is 0.241 e. The zero-order chi connectivity index (χ0) is 25.5. The van der Waals surface area contributed by atoms with Crippen molar-refractivity contribution in [3.05, 3.63) is 65.7 Å². The van der Waals surface area contributed by atoms with Gasteiger partial charge in [0.15, 0.2) is 0 Å². The number of hydrogen-bond acceptors (Lipinski definition) is 3. The third kappa shape index (κ3) is 5.34. The van der Waals surface area contributed by atoms with E-state index in [1.165, 1.54) is 54.6 Å².